The molecule has 2 rings (SSSR count). The molecule has 0 bridgehead atoms. The highest BCUT2D eigenvalue weighted by atomic mass is 35.5. The third-order valence-electron chi connectivity index (χ3n) is 2.24. The zero-order valence-electron chi connectivity index (χ0n) is 9.11. The predicted molar refractivity (Wildman–Crippen MR) is 73.1 cm³/mol. The Balaban J connectivity index is 2.37. The van der Waals surface area contributed by atoms with E-state index in [0.29, 0.717) is 27.1 Å². The molecule has 6 heteroatoms. The summed E-state index contributed by atoms with van der Waals surface area (Å²) in [7, 11) is 0. The van der Waals surface area contributed by atoms with Gasteiger partial charge in [-0.25, -0.2) is 4.98 Å². The number of rotatable bonds is 2. The summed E-state index contributed by atoms with van der Waals surface area (Å²) < 4.78 is 0. The van der Waals surface area contributed by atoms with E-state index < -0.39 is 0 Å². The number of anilines is 3. The summed E-state index contributed by atoms with van der Waals surface area (Å²) in [4.78, 5) is 4.07. The van der Waals surface area contributed by atoms with Crippen LogP contribution in [0, 0.1) is 11.3 Å². The van der Waals surface area contributed by atoms with Crippen LogP contribution >= 0.6 is 23.2 Å². The number of hydrogen-bond acceptors (Lipinski definition) is 4. The van der Waals surface area contributed by atoms with Crippen molar-refractivity contribution in [2.75, 3.05) is 11.1 Å². The molecule has 1 aromatic heterocycles. The summed E-state index contributed by atoms with van der Waals surface area (Å²) in [5, 5.41) is 12.8. The van der Waals surface area contributed by atoms with Gasteiger partial charge in [-0.05, 0) is 24.3 Å². The number of nitrogen functional groups attached to an aromatic ring is 1. The summed E-state index contributed by atoms with van der Waals surface area (Å²) in [5.41, 5.74) is 7.11. The van der Waals surface area contributed by atoms with Crippen LogP contribution in [0.1, 0.15) is 5.56 Å². The SMILES string of the molecule is N#Cc1ccnc(Nc2cc(Cl)cc(Cl)c2)c1N. The van der Waals surface area contributed by atoms with Crippen LogP contribution in [0.4, 0.5) is 17.2 Å². The summed E-state index contributed by atoms with van der Waals surface area (Å²) in [6.07, 6.45) is 1.50. The number of nitrogens with two attached hydrogens (primary N) is 1. The molecule has 0 aliphatic heterocycles. The van der Waals surface area contributed by atoms with Gasteiger partial charge in [0.25, 0.3) is 0 Å². The second kappa shape index (κ2) is 5.13. The highest BCUT2D eigenvalue weighted by molar-refractivity contribution is 6.35. The minimum atomic E-state index is 0.288. The third-order valence-corrected chi connectivity index (χ3v) is 2.67. The molecule has 1 aromatic carbocycles. The van der Waals surface area contributed by atoms with Gasteiger partial charge in [-0.3, -0.25) is 0 Å². The zero-order valence-corrected chi connectivity index (χ0v) is 10.6. The van der Waals surface area contributed by atoms with Gasteiger partial charge in [0, 0.05) is 21.9 Å². The highest BCUT2D eigenvalue weighted by Gasteiger charge is 2.07. The summed E-state index contributed by atoms with van der Waals surface area (Å²) >= 11 is 11.8. The van der Waals surface area contributed by atoms with Crippen molar-refractivity contribution in [3.63, 3.8) is 0 Å². The fraction of sp³-hybridized carbons (Fsp3) is 0. The fourth-order valence-corrected chi connectivity index (χ4v) is 1.96. The quantitative estimate of drug-likeness (QED) is 0.880. The molecule has 0 spiro atoms. The van der Waals surface area contributed by atoms with E-state index >= 15 is 0 Å². The van der Waals surface area contributed by atoms with Gasteiger partial charge in [0.1, 0.15) is 6.07 Å². The Labute approximate surface area is 114 Å². The smallest absolute Gasteiger partial charge is 0.154 e. The largest absolute Gasteiger partial charge is 0.395 e. The average molecular weight is 279 g/mol. The maximum absolute atomic E-state index is 8.87. The Bertz CT molecular complexity index is 614. The van der Waals surface area contributed by atoms with Crippen LogP contribution in [-0.4, -0.2) is 4.98 Å². The van der Waals surface area contributed by atoms with Crippen LogP contribution in [0.2, 0.25) is 10.0 Å². The van der Waals surface area contributed by atoms with Crippen molar-refractivity contribution in [3.05, 3.63) is 46.1 Å². The molecule has 0 radical (unpaired) electrons. The van der Waals surface area contributed by atoms with Gasteiger partial charge in [0.2, 0.25) is 0 Å². The van der Waals surface area contributed by atoms with Crippen molar-refractivity contribution >= 4 is 40.4 Å². The zero-order chi connectivity index (χ0) is 13.1. The van der Waals surface area contributed by atoms with Crippen LogP contribution in [-0.2, 0) is 0 Å². The van der Waals surface area contributed by atoms with Gasteiger partial charge in [0.15, 0.2) is 5.82 Å². The monoisotopic (exact) mass is 278 g/mol. The molecule has 0 amide bonds. The maximum Gasteiger partial charge on any atom is 0.154 e. The summed E-state index contributed by atoms with van der Waals surface area (Å²) in [6.45, 7) is 0. The number of halogens is 2. The minimum absolute atomic E-state index is 0.288. The van der Waals surface area contributed by atoms with Gasteiger partial charge in [-0.15, -0.1) is 0 Å². The van der Waals surface area contributed by atoms with Gasteiger partial charge in [-0.1, -0.05) is 23.2 Å². The van der Waals surface area contributed by atoms with Gasteiger partial charge in [0.05, 0.1) is 11.3 Å². The second-order valence-electron chi connectivity index (χ2n) is 3.52. The molecular formula is C12H8Cl2N4. The second-order valence-corrected chi connectivity index (χ2v) is 4.39. The number of nitriles is 1. The molecule has 4 nitrogen and oxygen atoms in total. The molecule has 0 atom stereocenters. The van der Waals surface area contributed by atoms with Crippen LogP contribution in [0.5, 0.6) is 0 Å². The standard InChI is InChI=1S/C12H8Cl2N4/c13-8-3-9(14)5-10(4-8)18-12-11(16)7(6-15)1-2-17-12/h1-5H,16H2,(H,17,18). The molecule has 0 saturated heterocycles. The maximum atomic E-state index is 8.87. The Morgan fingerprint density at radius 3 is 2.50 bits per heavy atom. The lowest BCUT2D eigenvalue weighted by molar-refractivity contribution is 1.30. The van der Waals surface area contributed by atoms with E-state index in [9.17, 15) is 0 Å². The lowest BCUT2D eigenvalue weighted by Gasteiger charge is -2.09. The Morgan fingerprint density at radius 2 is 1.89 bits per heavy atom. The lowest BCUT2D eigenvalue weighted by Crippen LogP contribution is -2.01. The highest BCUT2D eigenvalue weighted by Crippen LogP contribution is 2.27. The number of pyridine rings is 1. The molecule has 2 aromatic rings. The molecule has 0 unspecified atom stereocenters. The molecule has 0 aliphatic carbocycles. The molecule has 90 valence electrons. The lowest BCUT2D eigenvalue weighted by atomic mass is 10.2. The van der Waals surface area contributed by atoms with Crippen molar-refractivity contribution < 1.29 is 0 Å². The van der Waals surface area contributed by atoms with E-state index in [4.69, 9.17) is 34.2 Å². The van der Waals surface area contributed by atoms with Crippen LogP contribution in [0.25, 0.3) is 0 Å². The fourth-order valence-electron chi connectivity index (χ4n) is 1.43. The first-order valence-corrected chi connectivity index (χ1v) is 5.73. The first-order chi connectivity index (χ1) is 8.60. The molecule has 3 N–H and O–H groups in total. The molecule has 1 heterocycles. The summed E-state index contributed by atoms with van der Waals surface area (Å²) in [6, 6.07) is 8.53. The third kappa shape index (κ3) is 2.65. The first-order valence-electron chi connectivity index (χ1n) is 4.98. The number of aromatic nitrogens is 1. The van der Waals surface area contributed by atoms with Crippen molar-refractivity contribution in [1.82, 2.24) is 4.98 Å². The predicted octanol–water partition coefficient (Wildman–Crippen LogP) is 3.59. The van der Waals surface area contributed by atoms with Crippen molar-refractivity contribution in [2.45, 2.75) is 0 Å². The average Bonchev–Trinajstić information content (AvgIpc) is 2.30. The summed E-state index contributed by atoms with van der Waals surface area (Å²) in [5.74, 6) is 0.396. The topological polar surface area (TPSA) is 74.7 Å². The normalized spacial score (nSPS) is 9.83. The van der Waals surface area contributed by atoms with Crippen molar-refractivity contribution in [2.24, 2.45) is 0 Å². The van der Waals surface area contributed by atoms with Gasteiger partial charge in [-0.2, -0.15) is 5.26 Å². The van der Waals surface area contributed by atoms with E-state index in [1.54, 1.807) is 24.3 Å². The van der Waals surface area contributed by atoms with E-state index in [1.807, 2.05) is 6.07 Å². The van der Waals surface area contributed by atoms with E-state index in [2.05, 4.69) is 10.3 Å². The molecule has 0 aliphatic rings. The molecule has 0 fully saturated rings. The number of nitrogens with zero attached hydrogens (tertiary/aromatic N) is 2. The minimum Gasteiger partial charge on any atom is -0.395 e. The van der Waals surface area contributed by atoms with Crippen molar-refractivity contribution in [1.29, 1.82) is 5.26 Å². The van der Waals surface area contributed by atoms with Crippen molar-refractivity contribution in [3.8, 4) is 6.07 Å². The van der Waals surface area contributed by atoms with E-state index in [1.165, 1.54) is 6.20 Å². The number of benzene rings is 1. The Hall–Kier alpha value is -1.96. The first kappa shape index (κ1) is 12.5. The van der Waals surface area contributed by atoms with Crippen LogP contribution in [0.3, 0.4) is 0 Å². The van der Waals surface area contributed by atoms with E-state index in [-0.39, 0.29) is 5.69 Å². The Morgan fingerprint density at radius 1 is 1.22 bits per heavy atom. The molecule has 0 saturated carbocycles. The van der Waals surface area contributed by atoms with Gasteiger partial charge >= 0.3 is 0 Å². The van der Waals surface area contributed by atoms with Crippen LogP contribution < -0.4 is 11.1 Å². The number of nitrogens with one attached hydrogen (secondary N) is 1. The molecule has 18 heavy (non-hydrogen) atoms. The number of hydrogen-bond donors (Lipinski definition) is 2. The van der Waals surface area contributed by atoms with Crippen LogP contribution in [0.15, 0.2) is 30.5 Å². The molecular weight excluding hydrogens is 271 g/mol. The van der Waals surface area contributed by atoms with E-state index in [0.717, 1.165) is 0 Å². The van der Waals surface area contributed by atoms with Gasteiger partial charge < -0.3 is 11.1 Å². The Kier molecular flexibility index (Phi) is 3.56.